The van der Waals surface area contributed by atoms with Gasteiger partial charge in [-0.3, -0.25) is 9.78 Å². The number of ether oxygens (including phenoxy) is 2. The van der Waals surface area contributed by atoms with Gasteiger partial charge in [0.25, 0.3) is 5.91 Å². The Labute approximate surface area is 188 Å². The maximum absolute atomic E-state index is 12.7. The molecule has 1 aliphatic heterocycles. The molecule has 0 bridgehead atoms. The summed E-state index contributed by atoms with van der Waals surface area (Å²) in [5.74, 6) is 1.54. The number of amides is 1. The minimum absolute atomic E-state index is 0.00490. The molecule has 4 rings (SSSR count). The number of rotatable bonds is 6. The van der Waals surface area contributed by atoms with E-state index in [9.17, 15) is 4.79 Å². The van der Waals surface area contributed by atoms with Crippen molar-refractivity contribution >= 4 is 5.91 Å². The van der Waals surface area contributed by atoms with Crippen LogP contribution in [0.5, 0.6) is 11.5 Å². The fourth-order valence-electron chi connectivity index (χ4n) is 4.07. The maximum atomic E-state index is 12.7. The van der Waals surface area contributed by atoms with Gasteiger partial charge in [-0.1, -0.05) is 6.07 Å². The molecule has 7 heteroatoms. The topological polar surface area (TPSA) is 77.4 Å². The predicted octanol–water partition coefficient (Wildman–Crippen LogP) is 3.95. The van der Waals surface area contributed by atoms with Gasteiger partial charge in [0, 0.05) is 48.4 Å². The van der Waals surface area contributed by atoms with Gasteiger partial charge >= 0.3 is 0 Å². The van der Waals surface area contributed by atoms with Crippen molar-refractivity contribution in [2.45, 2.75) is 32.6 Å². The zero-order valence-corrected chi connectivity index (χ0v) is 18.7. The smallest absolute Gasteiger partial charge is 0.260 e. The van der Waals surface area contributed by atoms with Crippen LogP contribution in [0, 0.1) is 13.8 Å². The summed E-state index contributed by atoms with van der Waals surface area (Å²) in [5.41, 5.74) is 5.18. The Kier molecular flexibility index (Phi) is 6.63. The highest BCUT2D eigenvalue weighted by Gasteiger charge is 2.25. The molecule has 0 spiro atoms. The molecule has 1 saturated heterocycles. The summed E-state index contributed by atoms with van der Waals surface area (Å²) in [6.07, 6.45) is 6.91. The van der Waals surface area contributed by atoms with Crippen LogP contribution in [0.15, 0.2) is 49.1 Å². The van der Waals surface area contributed by atoms with Gasteiger partial charge in [-0.15, -0.1) is 0 Å². The summed E-state index contributed by atoms with van der Waals surface area (Å²) in [6, 6.07) is 9.86. The molecule has 3 aromatic rings. The highest BCUT2D eigenvalue weighted by atomic mass is 16.5. The van der Waals surface area contributed by atoms with Crippen molar-refractivity contribution in [1.29, 1.82) is 0 Å². The van der Waals surface area contributed by atoms with E-state index in [0.29, 0.717) is 30.5 Å². The Morgan fingerprint density at radius 1 is 1.03 bits per heavy atom. The highest BCUT2D eigenvalue weighted by molar-refractivity contribution is 5.78. The van der Waals surface area contributed by atoms with Crippen molar-refractivity contribution in [2.24, 2.45) is 0 Å². The summed E-state index contributed by atoms with van der Waals surface area (Å²) >= 11 is 0. The molecule has 0 aliphatic carbocycles. The van der Waals surface area contributed by atoms with Gasteiger partial charge in [0.05, 0.1) is 7.11 Å². The summed E-state index contributed by atoms with van der Waals surface area (Å²) in [4.78, 5) is 27.6. The molecule has 0 radical (unpaired) electrons. The quantitative estimate of drug-likeness (QED) is 0.587. The third-order valence-electron chi connectivity index (χ3n) is 5.80. The van der Waals surface area contributed by atoms with E-state index in [1.807, 2.05) is 49.3 Å². The van der Waals surface area contributed by atoms with Crippen LogP contribution >= 0.6 is 0 Å². The Hall–Kier alpha value is -3.48. The van der Waals surface area contributed by atoms with Crippen LogP contribution in [-0.2, 0) is 4.79 Å². The number of piperidine rings is 1. The molecular weight excluding hydrogens is 404 g/mol. The Balaban J connectivity index is 1.36. The van der Waals surface area contributed by atoms with Crippen LogP contribution in [0.2, 0.25) is 0 Å². The fourth-order valence-corrected chi connectivity index (χ4v) is 4.07. The molecule has 1 amide bonds. The van der Waals surface area contributed by atoms with Gasteiger partial charge in [-0.2, -0.15) is 0 Å². The predicted molar refractivity (Wildman–Crippen MR) is 122 cm³/mol. The van der Waals surface area contributed by atoms with Crippen LogP contribution < -0.4 is 9.47 Å². The van der Waals surface area contributed by atoms with E-state index in [2.05, 4.69) is 22.1 Å². The van der Waals surface area contributed by atoms with E-state index < -0.39 is 0 Å². The zero-order valence-electron chi connectivity index (χ0n) is 18.7. The van der Waals surface area contributed by atoms with Crippen LogP contribution in [0.4, 0.5) is 0 Å². The van der Waals surface area contributed by atoms with Gasteiger partial charge < -0.3 is 14.4 Å². The number of benzene rings is 1. The van der Waals surface area contributed by atoms with Gasteiger partial charge in [0.2, 0.25) is 0 Å². The summed E-state index contributed by atoms with van der Waals surface area (Å²) in [6.45, 7) is 5.38. The summed E-state index contributed by atoms with van der Waals surface area (Å²) in [5, 5.41) is 0. The Morgan fingerprint density at radius 3 is 2.50 bits per heavy atom. The first-order valence-corrected chi connectivity index (χ1v) is 10.8. The molecule has 2 aromatic heterocycles. The average molecular weight is 433 g/mol. The SMILES string of the molecule is COc1cc(C)ccc1OCC(=O)N1CCC(c2cc(-c3cncnc3)cc(C)n2)CC1. The second-order valence-electron chi connectivity index (χ2n) is 8.15. The van der Waals surface area contributed by atoms with Gasteiger partial charge in [-0.05, 0) is 62.1 Å². The molecule has 1 aliphatic rings. The number of aromatic nitrogens is 3. The van der Waals surface area contributed by atoms with E-state index in [0.717, 1.165) is 40.9 Å². The van der Waals surface area contributed by atoms with Gasteiger partial charge in [-0.25, -0.2) is 9.97 Å². The van der Waals surface area contributed by atoms with Gasteiger partial charge in [0.15, 0.2) is 18.1 Å². The van der Waals surface area contributed by atoms with Gasteiger partial charge in [0.1, 0.15) is 6.33 Å². The van der Waals surface area contributed by atoms with E-state index in [1.54, 1.807) is 7.11 Å². The molecule has 3 heterocycles. The number of nitrogens with zero attached hydrogens (tertiary/aromatic N) is 4. The van der Waals surface area contributed by atoms with Crippen LogP contribution in [0.25, 0.3) is 11.1 Å². The molecule has 1 aromatic carbocycles. The molecule has 0 atom stereocenters. The zero-order chi connectivity index (χ0) is 22.5. The van der Waals surface area contributed by atoms with Crippen LogP contribution in [0.3, 0.4) is 0 Å². The molecule has 0 N–H and O–H groups in total. The lowest BCUT2D eigenvalue weighted by atomic mass is 9.91. The molecule has 0 unspecified atom stereocenters. The maximum Gasteiger partial charge on any atom is 0.260 e. The number of methoxy groups -OCH3 is 1. The third kappa shape index (κ3) is 5.04. The lowest BCUT2D eigenvalue weighted by Gasteiger charge is -2.32. The number of likely N-dealkylation sites (tertiary alicyclic amines) is 1. The molecule has 0 saturated carbocycles. The van der Waals surface area contributed by atoms with Crippen molar-refractivity contribution in [3.8, 4) is 22.6 Å². The number of carbonyl (C=O) groups excluding carboxylic acids is 1. The minimum Gasteiger partial charge on any atom is -0.493 e. The second kappa shape index (κ2) is 9.77. The lowest BCUT2D eigenvalue weighted by Crippen LogP contribution is -2.40. The Morgan fingerprint density at radius 2 is 1.78 bits per heavy atom. The number of hydrogen-bond donors (Lipinski definition) is 0. The van der Waals surface area contributed by atoms with Crippen molar-refractivity contribution in [2.75, 3.05) is 26.8 Å². The van der Waals surface area contributed by atoms with E-state index in [-0.39, 0.29) is 12.5 Å². The number of pyridine rings is 1. The number of aryl methyl sites for hydroxylation is 2. The standard InChI is InChI=1S/C25H28N4O3/c1-17-4-5-23(24(10-17)31-3)32-15-25(30)29-8-6-19(7-9-29)22-12-20(11-18(2)28-22)21-13-26-16-27-14-21/h4-5,10-14,16,19H,6-9,15H2,1-3H3. The van der Waals surface area contributed by atoms with E-state index in [1.165, 1.54) is 6.33 Å². The van der Waals surface area contributed by atoms with E-state index >= 15 is 0 Å². The second-order valence-corrected chi connectivity index (χ2v) is 8.15. The Bertz CT molecular complexity index is 1080. The lowest BCUT2D eigenvalue weighted by molar-refractivity contribution is -0.134. The monoisotopic (exact) mass is 432 g/mol. The first-order chi connectivity index (χ1) is 15.5. The first kappa shape index (κ1) is 21.7. The molecule has 32 heavy (non-hydrogen) atoms. The largest absolute Gasteiger partial charge is 0.493 e. The molecular formula is C25H28N4O3. The average Bonchev–Trinajstić information content (AvgIpc) is 2.83. The fraction of sp³-hybridized carbons (Fsp3) is 0.360. The van der Waals surface area contributed by atoms with E-state index in [4.69, 9.17) is 14.5 Å². The minimum atomic E-state index is -0.00889. The van der Waals surface area contributed by atoms with Crippen LogP contribution in [-0.4, -0.2) is 52.6 Å². The summed E-state index contributed by atoms with van der Waals surface area (Å²) in [7, 11) is 1.60. The van der Waals surface area contributed by atoms with Crippen molar-refractivity contribution < 1.29 is 14.3 Å². The molecule has 1 fully saturated rings. The highest BCUT2D eigenvalue weighted by Crippen LogP contribution is 2.31. The van der Waals surface area contributed by atoms with Crippen molar-refractivity contribution in [1.82, 2.24) is 19.9 Å². The number of carbonyl (C=O) groups is 1. The molecule has 166 valence electrons. The molecule has 7 nitrogen and oxygen atoms in total. The van der Waals surface area contributed by atoms with Crippen molar-refractivity contribution in [3.63, 3.8) is 0 Å². The third-order valence-corrected chi connectivity index (χ3v) is 5.80. The number of hydrogen-bond acceptors (Lipinski definition) is 6. The first-order valence-electron chi connectivity index (χ1n) is 10.8. The van der Waals surface area contributed by atoms with Crippen molar-refractivity contribution in [3.05, 3.63) is 66.0 Å². The normalized spacial score (nSPS) is 14.3. The summed E-state index contributed by atoms with van der Waals surface area (Å²) < 4.78 is 11.1. The van der Waals surface area contributed by atoms with Crippen LogP contribution in [0.1, 0.15) is 35.7 Å².